The van der Waals surface area contributed by atoms with E-state index < -0.39 is 0 Å². The Morgan fingerprint density at radius 2 is 1.83 bits per heavy atom. The number of carbonyl (C=O) groups is 2. The molecule has 0 bridgehead atoms. The number of benzene rings is 1. The molecule has 3 rings (SSSR count). The lowest BCUT2D eigenvalue weighted by molar-refractivity contribution is -0.136. The molecule has 2 amide bonds. The Morgan fingerprint density at radius 1 is 1.09 bits per heavy atom. The Labute approximate surface area is 139 Å². The van der Waals surface area contributed by atoms with E-state index in [4.69, 9.17) is 0 Å². The van der Waals surface area contributed by atoms with Crippen LogP contribution in [0.5, 0.6) is 0 Å². The summed E-state index contributed by atoms with van der Waals surface area (Å²) >= 11 is 1.47. The summed E-state index contributed by atoms with van der Waals surface area (Å²) in [4.78, 5) is 27.5. The van der Waals surface area contributed by atoms with E-state index in [1.54, 1.807) is 0 Å². The average Bonchev–Trinajstić information content (AvgIpc) is 3.13. The van der Waals surface area contributed by atoms with Crippen molar-refractivity contribution in [3.63, 3.8) is 0 Å². The second-order valence-corrected chi connectivity index (χ2v) is 6.43. The summed E-state index contributed by atoms with van der Waals surface area (Å²) in [7, 11) is 0. The summed E-state index contributed by atoms with van der Waals surface area (Å²) in [5, 5.41) is 5.06. The molecule has 1 aromatic carbocycles. The quantitative estimate of drug-likeness (QED) is 0.853. The van der Waals surface area contributed by atoms with Crippen LogP contribution in [-0.4, -0.2) is 23.3 Å². The maximum Gasteiger partial charge on any atom is 0.278 e. The lowest BCUT2D eigenvalue weighted by atomic mass is 10.1. The lowest BCUT2D eigenvalue weighted by Crippen LogP contribution is -2.33. The third-order valence-corrected chi connectivity index (χ3v) is 4.59. The summed E-state index contributed by atoms with van der Waals surface area (Å²) in [5.74, 6) is -0.463. The number of aryl methyl sites for hydroxylation is 1. The van der Waals surface area contributed by atoms with Crippen LogP contribution in [0.15, 0.2) is 47.5 Å². The van der Waals surface area contributed by atoms with E-state index in [2.05, 4.69) is 5.32 Å². The van der Waals surface area contributed by atoms with Gasteiger partial charge >= 0.3 is 0 Å². The van der Waals surface area contributed by atoms with E-state index in [9.17, 15) is 9.59 Å². The highest BCUT2D eigenvalue weighted by Crippen LogP contribution is 2.32. The molecule has 0 spiro atoms. The van der Waals surface area contributed by atoms with Crippen LogP contribution in [0.25, 0.3) is 5.57 Å². The van der Waals surface area contributed by atoms with Crippen LogP contribution in [0.2, 0.25) is 0 Å². The van der Waals surface area contributed by atoms with Gasteiger partial charge in [-0.15, -0.1) is 11.3 Å². The van der Waals surface area contributed by atoms with Crippen molar-refractivity contribution in [2.24, 2.45) is 0 Å². The maximum atomic E-state index is 12.7. The van der Waals surface area contributed by atoms with Gasteiger partial charge in [-0.3, -0.25) is 14.5 Å². The highest BCUT2D eigenvalue weighted by atomic mass is 32.1. The van der Waals surface area contributed by atoms with Crippen LogP contribution in [0.4, 0.5) is 5.69 Å². The molecule has 0 aliphatic carbocycles. The van der Waals surface area contributed by atoms with Crippen molar-refractivity contribution in [1.29, 1.82) is 0 Å². The molecule has 5 heteroatoms. The molecule has 1 aliphatic heterocycles. The Kier molecular flexibility index (Phi) is 4.30. The number of rotatable bonds is 5. The van der Waals surface area contributed by atoms with Crippen LogP contribution < -0.4 is 5.32 Å². The molecule has 118 valence electrons. The van der Waals surface area contributed by atoms with Crippen LogP contribution in [0.1, 0.15) is 23.8 Å². The summed E-state index contributed by atoms with van der Waals surface area (Å²) < 4.78 is 0. The average molecular weight is 326 g/mol. The van der Waals surface area contributed by atoms with E-state index in [-0.39, 0.29) is 11.8 Å². The first-order valence-corrected chi connectivity index (χ1v) is 8.47. The number of hydrogen-bond acceptors (Lipinski definition) is 4. The number of nitrogens with zero attached hydrogens (tertiary/aromatic N) is 1. The maximum absolute atomic E-state index is 12.7. The third kappa shape index (κ3) is 2.92. The van der Waals surface area contributed by atoms with Crippen LogP contribution >= 0.6 is 11.3 Å². The van der Waals surface area contributed by atoms with E-state index in [1.807, 2.05) is 55.6 Å². The molecule has 23 heavy (non-hydrogen) atoms. The summed E-state index contributed by atoms with van der Waals surface area (Å²) in [6, 6.07) is 11.5. The van der Waals surface area contributed by atoms with Gasteiger partial charge in [0.15, 0.2) is 0 Å². The van der Waals surface area contributed by atoms with Gasteiger partial charge in [-0.25, -0.2) is 0 Å². The summed E-state index contributed by atoms with van der Waals surface area (Å²) in [6.07, 6.45) is 0.743. The van der Waals surface area contributed by atoms with Crippen molar-refractivity contribution in [2.45, 2.75) is 20.3 Å². The highest BCUT2D eigenvalue weighted by molar-refractivity contribution is 7.11. The fourth-order valence-corrected chi connectivity index (χ4v) is 3.32. The molecule has 2 heterocycles. The molecule has 2 aromatic rings. The minimum absolute atomic E-state index is 0.214. The largest absolute Gasteiger partial charge is 0.350 e. The molecule has 1 aromatic heterocycles. The monoisotopic (exact) mass is 326 g/mol. The van der Waals surface area contributed by atoms with Crippen LogP contribution in [-0.2, 0) is 9.59 Å². The van der Waals surface area contributed by atoms with Gasteiger partial charge in [-0.2, -0.15) is 0 Å². The molecule has 0 saturated carbocycles. The van der Waals surface area contributed by atoms with Crippen molar-refractivity contribution >= 4 is 34.4 Å². The Balaban J connectivity index is 2.02. The molecule has 1 N–H and O–H groups in total. The molecule has 1 aliphatic rings. The van der Waals surface area contributed by atoms with Crippen molar-refractivity contribution in [3.05, 3.63) is 57.9 Å². The molecule has 0 unspecified atom stereocenters. The number of thiophene rings is 1. The molecule has 0 fully saturated rings. The number of imide groups is 1. The first-order chi connectivity index (χ1) is 11.1. The zero-order valence-electron chi connectivity index (χ0n) is 13.1. The zero-order chi connectivity index (χ0) is 16.4. The fraction of sp³-hybridized carbons (Fsp3) is 0.222. The third-order valence-electron chi connectivity index (χ3n) is 3.70. The zero-order valence-corrected chi connectivity index (χ0v) is 13.9. The standard InChI is InChI=1S/C18H18N2O2S/c1-3-10-20-17(21)15(14-5-4-11-23-14)16(18(20)22)19-13-8-6-12(2)7-9-13/h4-9,11,19H,3,10H2,1-2H3. The highest BCUT2D eigenvalue weighted by Gasteiger charge is 2.39. The fourth-order valence-electron chi connectivity index (χ4n) is 2.55. The number of amides is 2. The second kappa shape index (κ2) is 6.38. The minimum atomic E-state index is -0.249. The number of carbonyl (C=O) groups excluding carboxylic acids is 2. The molecule has 0 atom stereocenters. The molecule has 0 radical (unpaired) electrons. The van der Waals surface area contributed by atoms with Crippen LogP contribution in [0, 0.1) is 6.92 Å². The van der Waals surface area contributed by atoms with Crippen molar-refractivity contribution < 1.29 is 9.59 Å². The normalized spacial score (nSPS) is 14.8. The van der Waals surface area contributed by atoms with E-state index in [1.165, 1.54) is 16.2 Å². The molecule has 0 saturated heterocycles. The van der Waals surface area contributed by atoms with Gasteiger partial charge in [0.05, 0.1) is 5.57 Å². The summed E-state index contributed by atoms with van der Waals surface area (Å²) in [6.45, 7) is 4.40. The van der Waals surface area contributed by atoms with Gasteiger partial charge in [0.1, 0.15) is 5.70 Å². The minimum Gasteiger partial charge on any atom is -0.350 e. The number of nitrogens with one attached hydrogen (secondary N) is 1. The second-order valence-electron chi connectivity index (χ2n) is 5.48. The first-order valence-electron chi connectivity index (χ1n) is 7.60. The number of hydrogen-bond donors (Lipinski definition) is 1. The van der Waals surface area contributed by atoms with Crippen molar-refractivity contribution in [1.82, 2.24) is 4.90 Å². The predicted octanol–water partition coefficient (Wildman–Crippen LogP) is 3.66. The van der Waals surface area contributed by atoms with Gasteiger partial charge in [-0.1, -0.05) is 30.7 Å². The van der Waals surface area contributed by atoms with Gasteiger partial charge < -0.3 is 5.32 Å². The van der Waals surface area contributed by atoms with E-state index in [0.717, 1.165) is 22.5 Å². The lowest BCUT2D eigenvalue weighted by Gasteiger charge is -2.13. The van der Waals surface area contributed by atoms with Gasteiger partial charge in [-0.05, 0) is 36.9 Å². The Morgan fingerprint density at radius 3 is 2.43 bits per heavy atom. The smallest absolute Gasteiger partial charge is 0.278 e. The van der Waals surface area contributed by atoms with E-state index >= 15 is 0 Å². The first kappa shape index (κ1) is 15.5. The predicted molar refractivity (Wildman–Crippen MR) is 93.1 cm³/mol. The Hall–Kier alpha value is -2.40. The Bertz CT molecular complexity index is 761. The summed E-state index contributed by atoms with van der Waals surface area (Å²) in [5.41, 5.74) is 2.79. The molecular formula is C18H18N2O2S. The van der Waals surface area contributed by atoms with Crippen molar-refractivity contribution in [2.75, 3.05) is 11.9 Å². The van der Waals surface area contributed by atoms with Gasteiger partial charge in [0.2, 0.25) is 0 Å². The molecular weight excluding hydrogens is 308 g/mol. The van der Waals surface area contributed by atoms with Gasteiger partial charge in [0, 0.05) is 17.1 Å². The molecule has 4 nitrogen and oxygen atoms in total. The topological polar surface area (TPSA) is 49.4 Å². The number of anilines is 1. The van der Waals surface area contributed by atoms with Crippen LogP contribution in [0.3, 0.4) is 0 Å². The van der Waals surface area contributed by atoms with Gasteiger partial charge in [0.25, 0.3) is 11.8 Å². The SMILES string of the molecule is CCCN1C(=O)C(Nc2ccc(C)cc2)=C(c2cccs2)C1=O. The van der Waals surface area contributed by atoms with Crippen molar-refractivity contribution in [3.8, 4) is 0 Å². The van der Waals surface area contributed by atoms with E-state index in [0.29, 0.717) is 17.8 Å².